The number of carbonyl (C=O) groups excluding carboxylic acids is 4. The normalized spacial score (nSPS) is 16.9. The third-order valence-electron chi connectivity index (χ3n) is 1.95. The van der Waals surface area contributed by atoms with E-state index in [-0.39, 0.29) is 11.6 Å². The van der Waals surface area contributed by atoms with Crippen LogP contribution in [0.2, 0.25) is 0 Å². The van der Waals surface area contributed by atoms with Crippen molar-refractivity contribution in [2.24, 2.45) is 0 Å². The van der Waals surface area contributed by atoms with Gasteiger partial charge in [0.25, 0.3) is 5.78 Å². The van der Waals surface area contributed by atoms with Crippen molar-refractivity contribution in [1.82, 2.24) is 0 Å². The van der Waals surface area contributed by atoms with E-state index in [1.165, 1.54) is 24.3 Å². The monoisotopic (exact) mass is 261 g/mol. The van der Waals surface area contributed by atoms with Crippen LogP contribution >= 0.6 is 0 Å². The van der Waals surface area contributed by atoms with Crippen LogP contribution in [0, 0.1) is 10.1 Å². The zero-order valence-corrected chi connectivity index (χ0v) is 9.44. The molecule has 0 N–H and O–H groups in total. The third-order valence-corrected chi connectivity index (χ3v) is 1.95. The van der Waals surface area contributed by atoms with Gasteiger partial charge in [-0.1, -0.05) is 0 Å². The maximum atomic E-state index is 10.6. The lowest BCUT2D eigenvalue weighted by molar-refractivity contribution is -0.418. The Labute approximate surface area is 106 Å². The highest BCUT2D eigenvalue weighted by Gasteiger charge is 2.23. The molecule has 0 aromatic heterocycles. The molecular weight excluding hydrogens is 254 g/mol. The van der Waals surface area contributed by atoms with Crippen molar-refractivity contribution in [2.45, 2.75) is 0 Å². The first-order valence-electron chi connectivity index (χ1n) is 4.96. The van der Waals surface area contributed by atoms with Gasteiger partial charge in [0.2, 0.25) is 0 Å². The molecule has 19 heavy (non-hydrogen) atoms. The predicted molar refractivity (Wildman–Crippen MR) is 62.5 cm³/mol. The van der Waals surface area contributed by atoms with Crippen LogP contribution in [0.4, 0.5) is 0 Å². The molecule has 0 saturated heterocycles. The van der Waals surface area contributed by atoms with E-state index in [2.05, 4.69) is 0 Å². The van der Waals surface area contributed by atoms with Gasteiger partial charge in [-0.3, -0.25) is 29.3 Å². The molecule has 0 aliphatic heterocycles. The molecule has 0 radical (unpaired) electrons. The molecule has 2 aliphatic rings. The summed E-state index contributed by atoms with van der Waals surface area (Å²) >= 11 is 0. The summed E-state index contributed by atoms with van der Waals surface area (Å²) in [4.78, 5) is 50.9. The minimum atomic E-state index is -0.871. The summed E-state index contributed by atoms with van der Waals surface area (Å²) < 4.78 is 0. The fourth-order valence-corrected chi connectivity index (χ4v) is 1.08. The summed E-state index contributed by atoms with van der Waals surface area (Å²) in [5, 5.41) is 10.0. The van der Waals surface area contributed by atoms with E-state index in [0.717, 1.165) is 12.2 Å². The van der Waals surface area contributed by atoms with Gasteiger partial charge in [0.05, 0.1) is 11.0 Å². The summed E-state index contributed by atoms with van der Waals surface area (Å²) in [5.74, 6) is -1.51. The van der Waals surface area contributed by atoms with Gasteiger partial charge in [0.15, 0.2) is 17.3 Å². The molecule has 0 fully saturated rings. The Bertz CT molecular complexity index is 553. The molecule has 0 amide bonds. The minimum absolute atomic E-state index is 0.121. The van der Waals surface area contributed by atoms with E-state index in [1.807, 2.05) is 0 Å². The van der Waals surface area contributed by atoms with Gasteiger partial charge in [-0.05, 0) is 36.5 Å². The van der Waals surface area contributed by atoms with Crippen molar-refractivity contribution in [1.29, 1.82) is 0 Å². The highest BCUT2D eigenvalue weighted by molar-refractivity contribution is 6.16. The van der Waals surface area contributed by atoms with Crippen LogP contribution < -0.4 is 0 Å². The number of allylic oxidation sites excluding steroid dienone is 7. The van der Waals surface area contributed by atoms with Crippen LogP contribution in [0.3, 0.4) is 0 Å². The van der Waals surface area contributed by atoms with Crippen LogP contribution in [0.15, 0.2) is 48.2 Å². The first-order valence-corrected chi connectivity index (χ1v) is 4.96. The van der Waals surface area contributed by atoms with E-state index in [1.54, 1.807) is 0 Å². The highest BCUT2D eigenvalue weighted by atomic mass is 16.6. The van der Waals surface area contributed by atoms with E-state index in [9.17, 15) is 29.3 Å². The molecule has 0 spiro atoms. The molecule has 96 valence electrons. The molecular formula is C12H7NO6. The maximum absolute atomic E-state index is 10.6. The third kappa shape index (κ3) is 4.43. The van der Waals surface area contributed by atoms with Gasteiger partial charge in [-0.25, -0.2) is 0 Å². The number of hydrogen-bond donors (Lipinski definition) is 0. The molecule has 0 saturated carbocycles. The zero-order chi connectivity index (χ0) is 14.4. The molecule has 2 aliphatic carbocycles. The van der Waals surface area contributed by atoms with Gasteiger partial charge < -0.3 is 0 Å². The first kappa shape index (κ1) is 14.1. The summed E-state index contributed by atoms with van der Waals surface area (Å²) in [6, 6.07) is 0. The lowest BCUT2D eigenvalue weighted by atomic mass is 10.1. The lowest BCUT2D eigenvalue weighted by Crippen LogP contribution is -2.14. The second kappa shape index (κ2) is 6.10. The molecule has 0 unspecified atom stereocenters. The van der Waals surface area contributed by atoms with Crippen LogP contribution in [0.25, 0.3) is 0 Å². The van der Waals surface area contributed by atoms with E-state index < -0.39 is 22.2 Å². The Kier molecular flexibility index (Phi) is 4.53. The standard InChI is InChI=1S/C6H3NO4.C6H4O2/c8-4-1-2-6(9)5(3-4)7(10)11;7-5-1-2-6(8)4-3-5/h1-3H;1-4H. The number of ketones is 4. The van der Waals surface area contributed by atoms with Crippen LogP contribution in [0.5, 0.6) is 0 Å². The van der Waals surface area contributed by atoms with Gasteiger partial charge in [0, 0.05) is 0 Å². The highest BCUT2D eigenvalue weighted by Crippen LogP contribution is 2.04. The van der Waals surface area contributed by atoms with Crippen molar-refractivity contribution in [3.8, 4) is 0 Å². The summed E-state index contributed by atoms with van der Waals surface area (Å²) in [6.45, 7) is 0. The van der Waals surface area contributed by atoms with Crippen molar-refractivity contribution in [2.75, 3.05) is 0 Å². The minimum Gasteiger partial charge on any atom is -0.290 e. The van der Waals surface area contributed by atoms with Gasteiger partial charge >= 0.3 is 5.70 Å². The zero-order valence-electron chi connectivity index (χ0n) is 9.44. The Morgan fingerprint density at radius 3 is 1.53 bits per heavy atom. The van der Waals surface area contributed by atoms with Crippen LogP contribution in [-0.4, -0.2) is 28.1 Å². The van der Waals surface area contributed by atoms with Crippen molar-refractivity contribution >= 4 is 23.1 Å². The number of nitro groups is 1. The number of nitrogens with zero attached hydrogens (tertiary/aromatic N) is 1. The summed E-state index contributed by atoms with van der Waals surface area (Å²) in [7, 11) is 0. The van der Waals surface area contributed by atoms with Crippen LogP contribution in [-0.2, 0) is 19.2 Å². The second-order valence-electron chi connectivity index (χ2n) is 3.36. The van der Waals surface area contributed by atoms with E-state index >= 15 is 0 Å². The smallest absolute Gasteiger partial charge is 0.290 e. The maximum Gasteiger partial charge on any atom is 0.320 e. The molecule has 7 nitrogen and oxygen atoms in total. The summed E-state index contributed by atoms with van der Waals surface area (Å²) in [6.07, 6.45) is 7.60. The van der Waals surface area contributed by atoms with E-state index in [0.29, 0.717) is 6.08 Å². The predicted octanol–water partition coefficient (Wildman–Crippen LogP) is 0.106. The largest absolute Gasteiger partial charge is 0.320 e. The fourth-order valence-electron chi connectivity index (χ4n) is 1.08. The van der Waals surface area contributed by atoms with Crippen LogP contribution in [0.1, 0.15) is 0 Å². The molecule has 7 heteroatoms. The number of hydrogen-bond acceptors (Lipinski definition) is 6. The van der Waals surface area contributed by atoms with Crippen molar-refractivity contribution in [3.05, 3.63) is 58.3 Å². The Hall–Kier alpha value is -2.96. The quantitative estimate of drug-likeness (QED) is 0.376. The molecule has 0 heterocycles. The first-order chi connectivity index (χ1) is 8.90. The molecule has 0 atom stereocenters. The average Bonchev–Trinajstić information content (AvgIpc) is 2.36. The molecule has 0 aromatic carbocycles. The Morgan fingerprint density at radius 1 is 0.737 bits per heavy atom. The van der Waals surface area contributed by atoms with Crippen molar-refractivity contribution in [3.63, 3.8) is 0 Å². The molecule has 2 rings (SSSR count). The van der Waals surface area contributed by atoms with Gasteiger partial charge in [-0.15, -0.1) is 0 Å². The fraction of sp³-hybridized carbons (Fsp3) is 0. The number of rotatable bonds is 1. The van der Waals surface area contributed by atoms with E-state index in [4.69, 9.17) is 0 Å². The Balaban J connectivity index is 0.000000200. The van der Waals surface area contributed by atoms with Crippen molar-refractivity contribution < 1.29 is 24.1 Å². The average molecular weight is 261 g/mol. The SMILES string of the molecule is O=C1C=CC(=O)C([N+](=O)[O-])=C1.O=C1C=CC(=O)C=C1. The lowest BCUT2D eigenvalue weighted by Gasteiger charge is -1.95. The van der Waals surface area contributed by atoms with Gasteiger partial charge in [-0.2, -0.15) is 0 Å². The molecule has 0 bridgehead atoms. The molecule has 0 aromatic rings. The Morgan fingerprint density at radius 2 is 1.16 bits per heavy atom. The van der Waals surface area contributed by atoms with Gasteiger partial charge in [0.1, 0.15) is 0 Å². The second-order valence-corrected chi connectivity index (χ2v) is 3.36. The number of carbonyl (C=O) groups is 4. The summed E-state index contributed by atoms with van der Waals surface area (Å²) in [5.41, 5.74) is -0.669. The topological polar surface area (TPSA) is 111 Å².